The van der Waals surface area contributed by atoms with Crippen LogP contribution in [0.3, 0.4) is 0 Å². The van der Waals surface area contributed by atoms with Gasteiger partial charge >= 0.3 is 0 Å². The molecule has 0 aromatic heterocycles. The van der Waals surface area contributed by atoms with Crippen LogP contribution in [0.5, 0.6) is 0 Å². The summed E-state index contributed by atoms with van der Waals surface area (Å²) in [4.78, 5) is 11.6. The maximum Gasteiger partial charge on any atom is 0.234 e. The van der Waals surface area contributed by atoms with Gasteiger partial charge < -0.3 is 15.4 Å². The lowest BCUT2D eigenvalue weighted by atomic mass is 9.95. The molecule has 0 aliphatic carbocycles. The lowest BCUT2D eigenvalue weighted by molar-refractivity contribution is -0.122. The van der Waals surface area contributed by atoms with Crippen LogP contribution in [-0.2, 0) is 9.53 Å². The van der Waals surface area contributed by atoms with Gasteiger partial charge in [-0.15, -0.1) is 0 Å². The SMILES string of the molecule is CC(C)NCC(=O)NC1(C)CCOC1C. The van der Waals surface area contributed by atoms with E-state index in [-0.39, 0.29) is 17.6 Å². The lowest BCUT2D eigenvalue weighted by Gasteiger charge is -2.29. The van der Waals surface area contributed by atoms with Crippen LogP contribution in [0.1, 0.15) is 34.1 Å². The second-order valence-corrected chi connectivity index (χ2v) is 4.76. The van der Waals surface area contributed by atoms with Crippen LogP contribution in [0.2, 0.25) is 0 Å². The summed E-state index contributed by atoms with van der Waals surface area (Å²) in [6.45, 7) is 9.20. The molecule has 1 rings (SSSR count). The van der Waals surface area contributed by atoms with Gasteiger partial charge in [-0.1, -0.05) is 13.8 Å². The van der Waals surface area contributed by atoms with Gasteiger partial charge in [-0.2, -0.15) is 0 Å². The molecule has 1 fully saturated rings. The lowest BCUT2D eigenvalue weighted by Crippen LogP contribution is -2.53. The van der Waals surface area contributed by atoms with Crippen molar-refractivity contribution in [1.29, 1.82) is 0 Å². The van der Waals surface area contributed by atoms with Gasteiger partial charge in [-0.05, 0) is 20.3 Å². The third-order valence-electron chi connectivity index (χ3n) is 2.98. The van der Waals surface area contributed by atoms with Crippen LogP contribution in [0, 0.1) is 0 Å². The molecule has 88 valence electrons. The summed E-state index contributed by atoms with van der Waals surface area (Å²) < 4.78 is 5.46. The van der Waals surface area contributed by atoms with E-state index >= 15 is 0 Å². The molecule has 1 aliphatic rings. The first-order valence-corrected chi connectivity index (χ1v) is 5.60. The Morgan fingerprint density at radius 3 is 2.73 bits per heavy atom. The van der Waals surface area contributed by atoms with Crippen molar-refractivity contribution < 1.29 is 9.53 Å². The highest BCUT2D eigenvalue weighted by Crippen LogP contribution is 2.24. The fourth-order valence-corrected chi connectivity index (χ4v) is 1.66. The van der Waals surface area contributed by atoms with Crippen molar-refractivity contribution >= 4 is 5.91 Å². The smallest absolute Gasteiger partial charge is 0.234 e. The Labute approximate surface area is 91.8 Å². The van der Waals surface area contributed by atoms with E-state index in [4.69, 9.17) is 4.74 Å². The van der Waals surface area contributed by atoms with Crippen molar-refractivity contribution in [3.8, 4) is 0 Å². The average molecular weight is 214 g/mol. The Kier molecular flexibility index (Phi) is 4.11. The minimum Gasteiger partial charge on any atom is -0.376 e. The molecule has 0 saturated carbocycles. The molecule has 2 atom stereocenters. The molecule has 0 radical (unpaired) electrons. The minimum atomic E-state index is -0.199. The minimum absolute atomic E-state index is 0.0450. The molecule has 0 bridgehead atoms. The quantitative estimate of drug-likeness (QED) is 0.723. The molecular formula is C11H22N2O2. The number of carbonyl (C=O) groups excluding carboxylic acids is 1. The molecule has 1 aliphatic heterocycles. The second kappa shape index (κ2) is 4.94. The molecule has 0 aromatic rings. The van der Waals surface area contributed by atoms with Crippen molar-refractivity contribution in [3.05, 3.63) is 0 Å². The number of ether oxygens (including phenoxy) is 1. The highest BCUT2D eigenvalue weighted by Gasteiger charge is 2.37. The molecule has 2 N–H and O–H groups in total. The summed E-state index contributed by atoms with van der Waals surface area (Å²) in [5.74, 6) is 0.0450. The Hall–Kier alpha value is -0.610. The Morgan fingerprint density at radius 1 is 1.60 bits per heavy atom. The number of amides is 1. The highest BCUT2D eigenvalue weighted by atomic mass is 16.5. The number of nitrogens with one attached hydrogen (secondary N) is 2. The summed E-state index contributed by atoms with van der Waals surface area (Å²) >= 11 is 0. The van der Waals surface area contributed by atoms with Gasteiger partial charge in [0.1, 0.15) is 0 Å². The molecular weight excluding hydrogens is 192 g/mol. The third kappa shape index (κ3) is 3.47. The summed E-state index contributed by atoms with van der Waals surface area (Å²) in [6, 6.07) is 0.334. The molecule has 4 nitrogen and oxygen atoms in total. The van der Waals surface area contributed by atoms with E-state index < -0.39 is 0 Å². The maximum absolute atomic E-state index is 11.6. The summed E-state index contributed by atoms with van der Waals surface area (Å²) in [5.41, 5.74) is -0.199. The topological polar surface area (TPSA) is 50.4 Å². The van der Waals surface area contributed by atoms with Crippen LogP contribution in [0.15, 0.2) is 0 Å². The van der Waals surface area contributed by atoms with Crippen LogP contribution >= 0.6 is 0 Å². The Morgan fingerprint density at radius 2 is 2.27 bits per heavy atom. The zero-order valence-electron chi connectivity index (χ0n) is 10.1. The van der Waals surface area contributed by atoms with E-state index in [0.717, 1.165) is 13.0 Å². The molecule has 1 heterocycles. The van der Waals surface area contributed by atoms with Crippen molar-refractivity contribution in [1.82, 2.24) is 10.6 Å². The Bertz CT molecular complexity index is 231. The first kappa shape index (κ1) is 12.5. The number of rotatable bonds is 4. The summed E-state index contributed by atoms with van der Waals surface area (Å²) in [7, 11) is 0. The normalized spacial score (nSPS) is 30.9. The van der Waals surface area contributed by atoms with E-state index in [2.05, 4.69) is 10.6 Å². The molecule has 2 unspecified atom stereocenters. The largest absolute Gasteiger partial charge is 0.376 e. The molecule has 4 heteroatoms. The van der Waals surface area contributed by atoms with E-state index in [0.29, 0.717) is 12.6 Å². The highest BCUT2D eigenvalue weighted by molar-refractivity contribution is 5.79. The van der Waals surface area contributed by atoms with Crippen molar-refractivity contribution in [2.24, 2.45) is 0 Å². The van der Waals surface area contributed by atoms with Gasteiger partial charge in [-0.3, -0.25) is 4.79 Å². The van der Waals surface area contributed by atoms with Crippen LogP contribution < -0.4 is 10.6 Å². The third-order valence-corrected chi connectivity index (χ3v) is 2.98. The summed E-state index contributed by atoms with van der Waals surface area (Å²) in [6.07, 6.45) is 0.988. The van der Waals surface area contributed by atoms with Crippen LogP contribution in [0.25, 0.3) is 0 Å². The van der Waals surface area contributed by atoms with Gasteiger partial charge in [0.2, 0.25) is 5.91 Å². The van der Waals surface area contributed by atoms with Crippen molar-refractivity contribution in [2.45, 2.75) is 51.8 Å². The predicted octanol–water partition coefficient (Wildman–Crippen LogP) is 0.668. The molecule has 1 amide bonds. The predicted molar refractivity (Wildman–Crippen MR) is 59.7 cm³/mol. The van der Waals surface area contributed by atoms with E-state index in [9.17, 15) is 4.79 Å². The fraction of sp³-hybridized carbons (Fsp3) is 0.909. The molecule has 0 spiro atoms. The molecule has 1 saturated heterocycles. The first-order valence-electron chi connectivity index (χ1n) is 5.60. The first-order chi connectivity index (χ1) is 6.94. The van der Waals surface area contributed by atoms with Crippen LogP contribution in [-0.4, -0.2) is 36.7 Å². The average Bonchev–Trinajstić information content (AvgIpc) is 2.44. The van der Waals surface area contributed by atoms with Crippen LogP contribution in [0.4, 0.5) is 0 Å². The van der Waals surface area contributed by atoms with E-state index in [1.807, 2.05) is 27.7 Å². The second-order valence-electron chi connectivity index (χ2n) is 4.76. The number of hydrogen-bond donors (Lipinski definition) is 2. The van der Waals surface area contributed by atoms with Gasteiger partial charge in [0, 0.05) is 12.6 Å². The monoisotopic (exact) mass is 214 g/mol. The zero-order valence-corrected chi connectivity index (χ0v) is 10.1. The van der Waals surface area contributed by atoms with E-state index in [1.54, 1.807) is 0 Å². The van der Waals surface area contributed by atoms with Crippen molar-refractivity contribution in [3.63, 3.8) is 0 Å². The van der Waals surface area contributed by atoms with Gasteiger partial charge in [-0.25, -0.2) is 0 Å². The van der Waals surface area contributed by atoms with Gasteiger partial charge in [0.15, 0.2) is 0 Å². The Balaban J connectivity index is 2.37. The molecule has 0 aromatic carbocycles. The van der Waals surface area contributed by atoms with Gasteiger partial charge in [0.05, 0.1) is 18.2 Å². The maximum atomic E-state index is 11.6. The van der Waals surface area contributed by atoms with Gasteiger partial charge in [0.25, 0.3) is 0 Å². The standard InChI is InChI=1S/C11H22N2O2/c1-8(2)12-7-10(14)13-11(4)5-6-15-9(11)3/h8-9,12H,5-7H2,1-4H3,(H,13,14). The zero-order chi connectivity index (χ0) is 11.5. The van der Waals surface area contributed by atoms with E-state index in [1.165, 1.54) is 0 Å². The molecule has 15 heavy (non-hydrogen) atoms. The number of carbonyl (C=O) groups is 1. The fourth-order valence-electron chi connectivity index (χ4n) is 1.66. The van der Waals surface area contributed by atoms with Crippen molar-refractivity contribution in [2.75, 3.05) is 13.2 Å². The number of hydrogen-bond acceptors (Lipinski definition) is 3. The summed E-state index contributed by atoms with van der Waals surface area (Å²) in [5, 5.41) is 6.13.